The number of hydrogen-bond acceptors (Lipinski definition) is 8. The Morgan fingerprint density at radius 1 is 0.977 bits per heavy atom. The third kappa shape index (κ3) is 8.54. The average Bonchev–Trinajstić information content (AvgIpc) is 2.99. The molecule has 1 amide bonds. The molecule has 0 saturated carbocycles. The molecule has 3 aromatic carbocycles. The normalized spacial score (nSPS) is 14.5. The van der Waals surface area contributed by atoms with Crippen LogP contribution in [0.3, 0.4) is 0 Å². The molecule has 1 aliphatic rings. The highest BCUT2D eigenvalue weighted by Crippen LogP contribution is 2.33. The first-order valence-corrected chi connectivity index (χ1v) is 14.3. The van der Waals surface area contributed by atoms with E-state index in [4.69, 9.17) is 31.2 Å². The number of para-hydroxylation sites is 1. The highest BCUT2D eigenvalue weighted by molar-refractivity contribution is 7.80. The standard InChI is InChI=1S/C32H33FN4O6S/c1-4-40-27-16-21(13-14-26(27)42-18-22-9-8-10-23(33)15-22)17-34-37-28(38)19-43-25-12-7-6-11-24(25)30-29(31(39)41-5-2)20(3)35-32(44)36-30/h6-17,30H,4-5,18-19H2,1-3H3,(H,37,38)(H2,35,36,44)/t30-/m0/s1. The molecular weight excluding hydrogens is 587 g/mol. The highest BCUT2D eigenvalue weighted by Gasteiger charge is 2.32. The molecule has 44 heavy (non-hydrogen) atoms. The van der Waals surface area contributed by atoms with Crippen LogP contribution in [-0.4, -0.2) is 43.0 Å². The number of esters is 1. The van der Waals surface area contributed by atoms with Crippen molar-refractivity contribution >= 4 is 35.4 Å². The Hall–Kier alpha value is -4.97. The van der Waals surface area contributed by atoms with Crippen LogP contribution in [0.1, 0.15) is 43.5 Å². The Bertz CT molecular complexity index is 1580. The van der Waals surface area contributed by atoms with Crippen molar-refractivity contribution in [2.45, 2.75) is 33.4 Å². The molecule has 1 atom stereocenters. The number of allylic oxidation sites excluding steroid dienone is 1. The van der Waals surface area contributed by atoms with Gasteiger partial charge < -0.3 is 29.6 Å². The fourth-order valence-corrected chi connectivity index (χ4v) is 4.66. The summed E-state index contributed by atoms with van der Waals surface area (Å²) in [4.78, 5) is 25.3. The third-order valence-electron chi connectivity index (χ3n) is 6.31. The molecule has 0 saturated heterocycles. The van der Waals surface area contributed by atoms with E-state index in [1.807, 2.05) is 6.92 Å². The van der Waals surface area contributed by atoms with Gasteiger partial charge in [0, 0.05) is 11.3 Å². The van der Waals surface area contributed by atoms with Crippen molar-refractivity contribution in [2.24, 2.45) is 5.10 Å². The lowest BCUT2D eigenvalue weighted by Gasteiger charge is -2.30. The summed E-state index contributed by atoms with van der Waals surface area (Å²) in [5, 5.41) is 10.4. The van der Waals surface area contributed by atoms with E-state index in [0.717, 1.165) is 0 Å². The second-order valence-corrected chi connectivity index (χ2v) is 9.88. The first-order valence-electron chi connectivity index (χ1n) is 13.9. The fourth-order valence-electron chi connectivity index (χ4n) is 4.39. The predicted molar refractivity (Wildman–Crippen MR) is 167 cm³/mol. The molecule has 12 heteroatoms. The maximum Gasteiger partial charge on any atom is 0.338 e. The minimum atomic E-state index is -0.638. The number of ether oxygens (including phenoxy) is 4. The molecule has 0 bridgehead atoms. The summed E-state index contributed by atoms with van der Waals surface area (Å²) in [5.41, 5.74) is 5.32. The predicted octanol–water partition coefficient (Wildman–Crippen LogP) is 4.69. The molecule has 10 nitrogen and oxygen atoms in total. The lowest BCUT2D eigenvalue weighted by Crippen LogP contribution is -2.45. The highest BCUT2D eigenvalue weighted by atomic mass is 32.1. The second-order valence-electron chi connectivity index (χ2n) is 9.47. The monoisotopic (exact) mass is 620 g/mol. The molecule has 230 valence electrons. The van der Waals surface area contributed by atoms with Crippen LogP contribution in [0.15, 0.2) is 83.1 Å². The van der Waals surface area contributed by atoms with Gasteiger partial charge >= 0.3 is 5.97 Å². The van der Waals surface area contributed by atoms with Crippen LogP contribution < -0.4 is 30.3 Å². The minimum absolute atomic E-state index is 0.171. The maximum absolute atomic E-state index is 13.5. The number of hydrogen-bond donors (Lipinski definition) is 3. The first kappa shape index (κ1) is 32.0. The molecule has 0 aromatic heterocycles. The molecule has 1 heterocycles. The number of carbonyl (C=O) groups excluding carboxylic acids is 2. The van der Waals surface area contributed by atoms with Crippen molar-refractivity contribution in [3.8, 4) is 17.2 Å². The van der Waals surface area contributed by atoms with Gasteiger partial charge in [0.05, 0.1) is 31.0 Å². The van der Waals surface area contributed by atoms with Crippen LogP contribution in [0.25, 0.3) is 0 Å². The SMILES string of the molecule is CCOC(=O)C1=C(C)NC(=S)N[C@H]1c1ccccc1OCC(=O)NN=Cc1ccc(OCc2cccc(F)c2)c(OCC)c1. The van der Waals surface area contributed by atoms with E-state index in [2.05, 4.69) is 21.2 Å². The van der Waals surface area contributed by atoms with Crippen molar-refractivity contribution in [3.05, 3.63) is 101 Å². The summed E-state index contributed by atoms with van der Waals surface area (Å²) in [6.45, 7) is 5.78. The zero-order chi connectivity index (χ0) is 31.5. The molecule has 0 aliphatic carbocycles. The summed E-state index contributed by atoms with van der Waals surface area (Å²) >= 11 is 5.31. The number of nitrogens with zero attached hydrogens (tertiary/aromatic N) is 1. The quantitative estimate of drug-likeness (QED) is 0.108. The number of thiocarbonyl (C=S) groups is 1. The molecule has 0 fully saturated rings. The summed E-state index contributed by atoms with van der Waals surface area (Å²) in [6.07, 6.45) is 1.46. The number of hydrazone groups is 1. The van der Waals surface area contributed by atoms with Gasteiger partial charge in [0.2, 0.25) is 0 Å². The lowest BCUT2D eigenvalue weighted by molar-refractivity contribution is -0.139. The van der Waals surface area contributed by atoms with Crippen LogP contribution in [0, 0.1) is 5.82 Å². The Morgan fingerprint density at radius 3 is 2.57 bits per heavy atom. The number of rotatable bonds is 13. The average molecular weight is 621 g/mol. The smallest absolute Gasteiger partial charge is 0.338 e. The summed E-state index contributed by atoms with van der Waals surface area (Å²) in [6, 6.07) is 17.8. The van der Waals surface area contributed by atoms with Crippen molar-refractivity contribution in [3.63, 3.8) is 0 Å². The van der Waals surface area contributed by atoms with E-state index in [9.17, 15) is 14.0 Å². The third-order valence-corrected chi connectivity index (χ3v) is 6.53. The molecule has 0 spiro atoms. The summed E-state index contributed by atoms with van der Waals surface area (Å²) in [7, 11) is 0. The van der Waals surface area contributed by atoms with Crippen LogP contribution in [0.2, 0.25) is 0 Å². The van der Waals surface area contributed by atoms with E-state index in [1.165, 1.54) is 18.3 Å². The van der Waals surface area contributed by atoms with Crippen LogP contribution in [-0.2, 0) is 20.9 Å². The molecular formula is C32H33FN4O6S. The molecule has 4 rings (SSSR count). The summed E-state index contributed by atoms with van der Waals surface area (Å²) < 4.78 is 36.1. The van der Waals surface area contributed by atoms with Gasteiger partial charge in [-0.3, -0.25) is 4.79 Å². The van der Waals surface area contributed by atoms with Gasteiger partial charge in [-0.05, 0) is 80.5 Å². The fraction of sp³-hybridized carbons (Fsp3) is 0.250. The molecule has 0 unspecified atom stereocenters. The Labute approximate surface area is 260 Å². The Kier molecular flexibility index (Phi) is 11.2. The topological polar surface area (TPSA) is 120 Å². The minimum Gasteiger partial charge on any atom is -0.490 e. The molecule has 3 aromatic rings. The van der Waals surface area contributed by atoms with E-state index in [1.54, 1.807) is 68.4 Å². The molecule has 3 N–H and O–H groups in total. The van der Waals surface area contributed by atoms with Gasteiger partial charge in [0.25, 0.3) is 5.91 Å². The van der Waals surface area contributed by atoms with Gasteiger partial charge in [-0.15, -0.1) is 0 Å². The number of amides is 1. The zero-order valence-corrected chi connectivity index (χ0v) is 25.3. The van der Waals surface area contributed by atoms with Crippen LogP contribution >= 0.6 is 12.2 Å². The van der Waals surface area contributed by atoms with Crippen molar-refractivity contribution in [1.82, 2.24) is 16.1 Å². The van der Waals surface area contributed by atoms with Crippen LogP contribution in [0.4, 0.5) is 4.39 Å². The van der Waals surface area contributed by atoms with Crippen LogP contribution in [0.5, 0.6) is 17.2 Å². The molecule has 0 radical (unpaired) electrons. The number of carbonyl (C=O) groups is 2. The van der Waals surface area contributed by atoms with Gasteiger partial charge in [-0.1, -0.05) is 30.3 Å². The lowest BCUT2D eigenvalue weighted by atomic mass is 9.95. The largest absolute Gasteiger partial charge is 0.490 e. The second kappa shape index (κ2) is 15.5. The van der Waals surface area contributed by atoms with E-state index >= 15 is 0 Å². The van der Waals surface area contributed by atoms with Gasteiger partial charge in [-0.2, -0.15) is 5.10 Å². The van der Waals surface area contributed by atoms with Gasteiger partial charge in [-0.25, -0.2) is 14.6 Å². The first-order chi connectivity index (χ1) is 21.3. The zero-order valence-electron chi connectivity index (χ0n) is 24.5. The van der Waals surface area contributed by atoms with Crippen molar-refractivity contribution < 1.29 is 32.9 Å². The number of halogens is 1. The van der Waals surface area contributed by atoms with E-state index in [-0.39, 0.29) is 25.6 Å². The van der Waals surface area contributed by atoms with E-state index in [0.29, 0.717) is 56.9 Å². The summed E-state index contributed by atoms with van der Waals surface area (Å²) in [5.74, 6) is 0.0400. The van der Waals surface area contributed by atoms with E-state index < -0.39 is 17.9 Å². The molecule has 1 aliphatic heterocycles. The van der Waals surface area contributed by atoms with Gasteiger partial charge in [0.1, 0.15) is 18.2 Å². The van der Waals surface area contributed by atoms with Crippen molar-refractivity contribution in [2.75, 3.05) is 19.8 Å². The number of nitrogens with one attached hydrogen (secondary N) is 3. The maximum atomic E-state index is 13.5. The van der Waals surface area contributed by atoms with Gasteiger partial charge in [0.15, 0.2) is 23.2 Å². The Balaban J connectivity index is 1.38. The van der Waals surface area contributed by atoms with Crippen molar-refractivity contribution in [1.29, 1.82) is 0 Å². The number of benzene rings is 3. The Morgan fingerprint density at radius 2 is 1.80 bits per heavy atom.